The van der Waals surface area contributed by atoms with E-state index < -0.39 is 6.04 Å². The summed E-state index contributed by atoms with van der Waals surface area (Å²) in [5.41, 5.74) is 1.09. The van der Waals surface area contributed by atoms with Crippen molar-refractivity contribution in [3.8, 4) is 0 Å². The van der Waals surface area contributed by atoms with Crippen molar-refractivity contribution in [1.29, 1.82) is 0 Å². The number of aryl methyl sites for hydroxylation is 1. The Hall–Kier alpha value is -3.19. The van der Waals surface area contributed by atoms with Gasteiger partial charge >= 0.3 is 0 Å². The van der Waals surface area contributed by atoms with Crippen molar-refractivity contribution < 1.29 is 18.8 Å². The quantitative estimate of drug-likeness (QED) is 0.463. The number of carbonyl (C=O) groups excluding carboxylic acids is 3. The monoisotopic (exact) mass is 464 g/mol. The Balaban J connectivity index is 1.74. The topological polar surface area (TPSA) is 79.6 Å². The molecular weight excluding hydrogens is 436 g/mol. The smallest absolute Gasteiger partial charge is 0.251 e. The molecule has 2 aromatic heterocycles. The van der Waals surface area contributed by atoms with Gasteiger partial charge in [-0.2, -0.15) is 0 Å². The molecule has 172 valence electrons. The first-order valence-corrected chi connectivity index (χ1v) is 12.1. The minimum Gasteiger partial charge on any atom is -0.464 e. The molecule has 33 heavy (non-hydrogen) atoms. The molecule has 2 heterocycles. The fourth-order valence-corrected chi connectivity index (χ4v) is 4.96. The van der Waals surface area contributed by atoms with Crippen LogP contribution in [0.5, 0.6) is 0 Å². The number of carbonyl (C=O) groups is 3. The summed E-state index contributed by atoms with van der Waals surface area (Å²) < 4.78 is 5.87. The number of benzene rings is 1. The maximum Gasteiger partial charge on any atom is 0.251 e. The van der Waals surface area contributed by atoms with E-state index in [1.165, 1.54) is 23.2 Å². The number of ketones is 1. The molecule has 0 spiro atoms. The lowest BCUT2D eigenvalue weighted by atomic mass is 10.1. The summed E-state index contributed by atoms with van der Waals surface area (Å²) >= 11 is 1.50. The van der Waals surface area contributed by atoms with Gasteiger partial charge in [-0.15, -0.1) is 11.3 Å². The zero-order valence-corrected chi connectivity index (χ0v) is 19.7. The lowest BCUT2D eigenvalue weighted by Gasteiger charge is -2.31. The number of anilines is 1. The molecule has 0 unspecified atom stereocenters. The predicted octanol–water partition coefficient (Wildman–Crippen LogP) is 5.23. The molecule has 1 N–H and O–H groups in total. The van der Waals surface area contributed by atoms with E-state index in [0.29, 0.717) is 22.8 Å². The number of hydrogen-bond acceptors (Lipinski definition) is 5. The second kappa shape index (κ2) is 10.2. The van der Waals surface area contributed by atoms with E-state index in [4.69, 9.17) is 4.42 Å². The van der Waals surface area contributed by atoms with Crippen molar-refractivity contribution in [1.82, 2.24) is 5.32 Å². The van der Waals surface area contributed by atoms with Crippen molar-refractivity contribution in [3.05, 3.63) is 75.9 Å². The highest BCUT2D eigenvalue weighted by atomic mass is 32.1. The minimum atomic E-state index is -0.949. The second-order valence-corrected chi connectivity index (χ2v) is 9.50. The summed E-state index contributed by atoms with van der Waals surface area (Å²) in [5, 5.41) is 5.06. The largest absolute Gasteiger partial charge is 0.464 e. The number of amides is 2. The maximum absolute atomic E-state index is 13.6. The lowest BCUT2D eigenvalue weighted by Crippen LogP contribution is -2.46. The van der Waals surface area contributed by atoms with Gasteiger partial charge in [-0.1, -0.05) is 18.9 Å². The van der Waals surface area contributed by atoms with Crippen molar-refractivity contribution in [2.45, 2.75) is 58.0 Å². The van der Waals surface area contributed by atoms with Crippen LogP contribution in [0.4, 0.5) is 5.69 Å². The molecular formula is C26H28N2O4S. The average molecular weight is 465 g/mol. The molecule has 0 saturated heterocycles. The van der Waals surface area contributed by atoms with Crippen molar-refractivity contribution >= 4 is 34.6 Å². The van der Waals surface area contributed by atoms with E-state index in [0.717, 1.165) is 30.6 Å². The van der Waals surface area contributed by atoms with E-state index in [9.17, 15) is 14.4 Å². The van der Waals surface area contributed by atoms with E-state index in [1.807, 2.05) is 24.4 Å². The Morgan fingerprint density at radius 3 is 2.39 bits per heavy atom. The van der Waals surface area contributed by atoms with E-state index in [1.54, 1.807) is 36.4 Å². The van der Waals surface area contributed by atoms with Crippen LogP contribution in [-0.2, 0) is 16.0 Å². The van der Waals surface area contributed by atoms with Gasteiger partial charge in [0, 0.05) is 22.2 Å². The first-order valence-electron chi connectivity index (χ1n) is 11.2. The predicted molar refractivity (Wildman–Crippen MR) is 129 cm³/mol. The molecule has 1 aliphatic rings. The summed E-state index contributed by atoms with van der Waals surface area (Å²) in [6, 6.07) is 13.3. The van der Waals surface area contributed by atoms with Gasteiger partial charge in [0.05, 0.1) is 6.42 Å². The van der Waals surface area contributed by atoms with E-state index in [-0.39, 0.29) is 30.1 Å². The van der Waals surface area contributed by atoms with Crippen LogP contribution in [0.15, 0.2) is 58.3 Å². The van der Waals surface area contributed by atoms with Crippen LogP contribution in [0.2, 0.25) is 0 Å². The number of nitrogens with zero attached hydrogens (tertiary/aromatic N) is 1. The van der Waals surface area contributed by atoms with Crippen LogP contribution in [0.3, 0.4) is 0 Å². The summed E-state index contributed by atoms with van der Waals surface area (Å²) in [7, 11) is 0. The molecule has 1 atom stereocenters. The summed E-state index contributed by atoms with van der Waals surface area (Å²) in [5.74, 6) is 0.551. The number of thiophene rings is 1. The zero-order valence-electron chi connectivity index (χ0n) is 18.9. The number of furan rings is 1. The minimum absolute atomic E-state index is 0.0600. The van der Waals surface area contributed by atoms with Crippen LogP contribution in [0.25, 0.3) is 0 Å². The third-order valence-corrected chi connectivity index (χ3v) is 6.84. The third-order valence-electron chi connectivity index (χ3n) is 5.96. The standard InChI is InChI=1S/C26H28N2O4S/c1-17-9-14-23(32-17)25(26(31)27-20-6-3-4-7-20)28(24(30)16-22-8-5-15-33-22)21-12-10-19(11-13-21)18(2)29/h5,8-15,20,25H,3-4,6-7,16H2,1-2H3,(H,27,31)/t25-/m1/s1. The first-order chi connectivity index (χ1) is 15.9. The molecule has 0 bridgehead atoms. The van der Waals surface area contributed by atoms with Crippen LogP contribution in [0, 0.1) is 6.92 Å². The fourth-order valence-electron chi connectivity index (χ4n) is 4.27. The lowest BCUT2D eigenvalue weighted by molar-refractivity contribution is -0.127. The van der Waals surface area contributed by atoms with Gasteiger partial charge in [0.15, 0.2) is 11.8 Å². The van der Waals surface area contributed by atoms with Crippen LogP contribution in [0.1, 0.15) is 65.4 Å². The number of nitrogens with one attached hydrogen (secondary N) is 1. The maximum atomic E-state index is 13.6. The summed E-state index contributed by atoms with van der Waals surface area (Å²) in [6.07, 6.45) is 4.21. The fraction of sp³-hybridized carbons (Fsp3) is 0.346. The summed E-state index contributed by atoms with van der Waals surface area (Å²) in [6.45, 7) is 3.31. The SMILES string of the molecule is CC(=O)c1ccc(N(C(=O)Cc2cccs2)[C@@H](C(=O)NC2CCCC2)c2ccc(C)o2)cc1. The third kappa shape index (κ3) is 5.42. The first kappa shape index (κ1) is 23.0. The highest BCUT2D eigenvalue weighted by molar-refractivity contribution is 7.10. The molecule has 0 radical (unpaired) electrons. The van der Waals surface area contributed by atoms with Crippen molar-refractivity contribution in [3.63, 3.8) is 0 Å². The normalized spacial score (nSPS) is 14.7. The van der Waals surface area contributed by atoms with Crippen molar-refractivity contribution in [2.75, 3.05) is 4.90 Å². The van der Waals surface area contributed by atoms with Gasteiger partial charge < -0.3 is 9.73 Å². The molecule has 3 aromatic rings. The Morgan fingerprint density at radius 1 is 1.09 bits per heavy atom. The molecule has 7 heteroatoms. The average Bonchev–Trinajstić information content (AvgIpc) is 3.56. The van der Waals surface area contributed by atoms with Gasteiger partial charge in [0.25, 0.3) is 5.91 Å². The Morgan fingerprint density at radius 2 is 1.82 bits per heavy atom. The molecule has 1 aliphatic carbocycles. The number of hydrogen-bond donors (Lipinski definition) is 1. The van der Waals surface area contributed by atoms with E-state index in [2.05, 4.69) is 5.32 Å². The second-order valence-electron chi connectivity index (χ2n) is 8.46. The van der Waals surface area contributed by atoms with Crippen LogP contribution in [-0.4, -0.2) is 23.6 Å². The van der Waals surface area contributed by atoms with Gasteiger partial charge in [-0.25, -0.2) is 0 Å². The Bertz CT molecular complexity index is 1110. The Kier molecular flexibility index (Phi) is 7.08. The van der Waals surface area contributed by atoms with Gasteiger partial charge in [0.1, 0.15) is 11.5 Å². The van der Waals surface area contributed by atoms with Gasteiger partial charge in [0.2, 0.25) is 5.91 Å². The van der Waals surface area contributed by atoms with Crippen LogP contribution < -0.4 is 10.2 Å². The molecule has 4 rings (SSSR count). The van der Waals surface area contributed by atoms with Crippen LogP contribution >= 0.6 is 11.3 Å². The number of Topliss-reactive ketones (excluding diaryl/α,β-unsaturated/α-hetero) is 1. The molecule has 1 aromatic carbocycles. The molecule has 1 saturated carbocycles. The number of rotatable bonds is 8. The molecule has 1 fully saturated rings. The highest BCUT2D eigenvalue weighted by Gasteiger charge is 2.36. The molecule has 0 aliphatic heterocycles. The summed E-state index contributed by atoms with van der Waals surface area (Å²) in [4.78, 5) is 41.4. The van der Waals surface area contributed by atoms with E-state index >= 15 is 0 Å². The molecule has 6 nitrogen and oxygen atoms in total. The Labute approximate surface area is 197 Å². The zero-order chi connectivity index (χ0) is 23.4. The highest BCUT2D eigenvalue weighted by Crippen LogP contribution is 2.31. The van der Waals surface area contributed by atoms with Gasteiger partial charge in [-0.3, -0.25) is 19.3 Å². The van der Waals surface area contributed by atoms with Gasteiger partial charge in [-0.05, 0) is 74.5 Å². The molecule has 2 amide bonds. The van der Waals surface area contributed by atoms with Crippen molar-refractivity contribution in [2.24, 2.45) is 0 Å².